The van der Waals surface area contributed by atoms with Crippen LogP contribution in [-0.4, -0.2) is 4.98 Å². The van der Waals surface area contributed by atoms with Gasteiger partial charge in [0.15, 0.2) is 0 Å². The molecule has 0 unspecified atom stereocenters. The van der Waals surface area contributed by atoms with E-state index in [1.165, 1.54) is 27.5 Å². The largest absolute Gasteiger partial charge is 0.256 e. The zero-order valence-electron chi connectivity index (χ0n) is 18.6. The second kappa shape index (κ2) is 5.69. The van der Waals surface area contributed by atoms with Gasteiger partial charge in [-0.05, 0) is 50.3 Å². The van der Waals surface area contributed by atoms with Crippen molar-refractivity contribution < 1.29 is 0 Å². The van der Waals surface area contributed by atoms with Crippen LogP contribution >= 0.6 is 0 Å². The maximum absolute atomic E-state index is 4.78. The van der Waals surface area contributed by atoms with E-state index in [0.717, 1.165) is 5.69 Å². The summed E-state index contributed by atoms with van der Waals surface area (Å²) in [6.45, 7) is 19.5. The number of hydrogen-bond acceptors (Lipinski definition) is 1. The molecule has 146 valence electrons. The molecule has 0 saturated heterocycles. The van der Waals surface area contributed by atoms with Crippen LogP contribution in [0.3, 0.4) is 0 Å². The lowest BCUT2D eigenvalue weighted by Crippen LogP contribution is -2.59. The molecule has 2 aromatic carbocycles. The van der Waals surface area contributed by atoms with E-state index in [9.17, 15) is 0 Å². The first-order chi connectivity index (χ1) is 12.9. The Morgan fingerprint density at radius 2 is 1.18 bits per heavy atom. The van der Waals surface area contributed by atoms with Crippen molar-refractivity contribution in [3.63, 3.8) is 0 Å². The minimum Gasteiger partial charge on any atom is -0.256 e. The topological polar surface area (TPSA) is 12.9 Å². The van der Waals surface area contributed by atoms with Gasteiger partial charge < -0.3 is 0 Å². The summed E-state index contributed by atoms with van der Waals surface area (Å²) >= 11 is 0. The van der Waals surface area contributed by atoms with Gasteiger partial charge in [-0.3, -0.25) is 4.98 Å². The Kier molecular flexibility index (Phi) is 3.90. The number of pyridine rings is 1. The molecule has 1 heteroatoms. The van der Waals surface area contributed by atoms with Crippen molar-refractivity contribution in [2.45, 2.75) is 66.2 Å². The van der Waals surface area contributed by atoms with E-state index >= 15 is 0 Å². The van der Waals surface area contributed by atoms with Crippen LogP contribution in [-0.2, 0) is 10.8 Å². The quantitative estimate of drug-likeness (QED) is 0.431. The molecule has 28 heavy (non-hydrogen) atoms. The van der Waals surface area contributed by atoms with Crippen molar-refractivity contribution in [2.75, 3.05) is 0 Å². The smallest absolute Gasteiger partial charge is 0.0780 e. The number of fused-ring (bicyclic) bond motifs is 2. The van der Waals surface area contributed by atoms with Crippen LogP contribution in [0.5, 0.6) is 0 Å². The lowest BCUT2D eigenvalue weighted by Gasteiger charge is -2.64. The third-order valence-electron chi connectivity index (χ3n) is 8.98. The molecule has 1 aromatic heterocycles. The van der Waals surface area contributed by atoms with Crippen LogP contribution in [0.25, 0.3) is 22.0 Å². The molecule has 4 rings (SSSR count). The van der Waals surface area contributed by atoms with E-state index in [2.05, 4.69) is 104 Å². The first kappa shape index (κ1) is 19.2. The fourth-order valence-electron chi connectivity index (χ4n) is 5.32. The van der Waals surface area contributed by atoms with Gasteiger partial charge in [0.05, 0.1) is 5.69 Å². The van der Waals surface area contributed by atoms with Crippen molar-refractivity contribution in [2.24, 2.45) is 10.8 Å². The third kappa shape index (κ3) is 2.22. The van der Waals surface area contributed by atoms with Gasteiger partial charge in [0.1, 0.15) is 0 Å². The molecule has 0 radical (unpaired) electrons. The monoisotopic (exact) mass is 371 g/mol. The molecule has 1 aliphatic carbocycles. The van der Waals surface area contributed by atoms with Crippen molar-refractivity contribution in [3.05, 3.63) is 65.9 Å². The maximum atomic E-state index is 4.78. The van der Waals surface area contributed by atoms with Gasteiger partial charge >= 0.3 is 0 Å². The van der Waals surface area contributed by atoms with Crippen LogP contribution in [0.4, 0.5) is 0 Å². The summed E-state index contributed by atoms with van der Waals surface area (Å²) in [5.74, 6) is 0. The summed E-state index contributed by atoms with van der Waals surface area (Å²) in [7, 11) is 0. The average Bonchev–Trinajstić information content (AvgIpc) is 2.65. The molecule has 0 atom stereocenters. The van der Waals surface area contributed by atoms with Crippen LogP contribution in [0, 0.1) is 10.8 Å². The SMILES string of the molecule is CC1(C)c2cc3ccnc(-c4ccccc4)c3cc2C(C)(C)C(C)(C)C1(C)C. The summed E-state index contributed by atoms with van der Waals surface area (Å²) in [5.41, 5.74) is 5.64. The molecule has 0 spiro atoms. The molecule has 0 bridgehead atoms. The first-order valence-electron chi connectivity index (χ1n) is 10.4. The lowest BCUT2D eigenvalue weighted by molar-refractivity contribution is -0.0439. The Morgan fingerprint density at radius 3 is 1.75 bits per heavy atom. The van der Waals surface area contributed by atoms with Crippen LogP contribution < -0.4 is 0 Å². The molecule has 0 aliphatic heterocycles. The van der Waals surface area contributed by atoms with Crippen LogP contribution in [0.2, 0.25) is 0 Å². The van der Waals surface area contributed by atoms with Crippen molar-refractivity contribution in [3.8, 4) is 11.3 Å². The molecule has 1 aliphatic rings. The van der Waals surface area contributed by atoms with Gasteiger partial charge in [0.2, 0.25) is 0 Å². The predicted octanol–water partition coefficient (Wildman–Crippen LogP) is 7.52. The summed E-state index contributed by atoms with van der Waals surface area (Å²) in [4.78, 5) is 4.78. The fraction of sp³-hybridized carbons (Fsp3) is 0.444. The second-order valence-corrected chi connectivity index (χ2v) is 10.6. The van der Waals surface area contributed by atoms with Crippen molar-refractivity contribution >= 4 is 10.8 Å². The van der Waals surface area contributed by atoms with Crippen LogP contribution in [0.15, 0.2) is 54.7 Å². The molecule has 1 heterocycles. The Labute approximate surface area is 170 Å². The number of aromatic nitrogens is 1. The number of nitrogens with zero attached hydrogens (tertiary/aromatic N) is 1. The lowest BCUT2D eigenvalue weighted by atomic mass is 9.40. The van der Waals surface area contributed by atoms with Gasteiger partial charge in [-0.2, -0.15) is 0 Å². The Balaban J connectivity index is 2.10. The van der Waals surface area contributed by atoms with Gasteiger partial charge in [-0.15, -0.1) is 0 Å². The minimum atomic E-state index is 0.0549. The van der Waals surface area contributed by atoms with Gasteiger partial charge in [0, 0.05) is 17.1 Å². The summed E-state index contributed by atoms with van der Waals surface area (Å²) < 4.78 is 0. The number of hydrogen-bond donors (Lipinski definition) is 0. The first-order valence-corrected chi connectivity index (χ1v) is 10.4. The normalized spacial score (nSPS) is 21.3. The Hall–Kier alpha value is -2.15. The maximum Gasteiger partial charge on any atom is 0.0780 e. The molecule has 0 saturated carbocycles. The number of benzene rings is 2. The zero-order chi connectivity index (χ0) is 20.5. The van der Waals surface area contributed by atoms with E-state index in [-0.39, 0.29) is 21.7 Å². The van der Waals surface area contributed by atoms with Crippen molar-refractivity contribution in [1.82, 2.24) is 4.98 Å². The molecule has 1 nitrogen and oxygen atoms in total. The van der Waals surface area contributed by atoms with Gasteiger partial charge in [0.25, 0.3) is 0 Å². The average molecular weight is 372 g/mol. The third-order valence-corrected chi connectivity index (χ3v) is 8.98. The van der Waals surface area contributed by atoms with Gasteiger partial charge in [-0.25, -0.2) is 0 Å². The standard InChI is InChI=1S/C27H33N/c1-24(2)21-16-19-14-15-28-23(18-12-10-9-11-13-18)20(19)17-22(21)25(3,4)27(7,8)26(24,5)6/h9-17H,1-8H3. The van der Waals surface area contributed by atoms with E-state index in [1.54, 1.807) is 0 Å². The van der Waals surface area contributed by atoms with Crippen molar-refractivity contribution in [1.29, 1.82) is 0 Å². The van der Waals surface area contributed by atoms with Gasteiger partial charge in [-0.1, -0.05) is 91.8 Å². The van der Waals surface area contributed by atoms with E-state index in [0.29, 0.717) is 0 Å². The predicted molar refractivity (Wildman–Crippen MR) is 121 cm³/mol. The molecule has 3 aromatic rings. The molecule has 0 N–H and O–H groups in total. The number of rotatable bonds is 1. The van der Waals surface area contributed by atoms with E-state index in [4.69, 9.17) is 4.98 Å². The Morgan fingerprint density at radius 1 is 0.643 bits per heavy atom. The zero-order valence-corrected chi connectivity index (χ0v) is 18.6. The highest BCUT2D eigenvalue weighted by atomic mass is 14.7. The van der Waals surface area contributed by atoms with Crippen LogP contribution in [0.1, 0.15) is 66.5 Å². The highest BCUT2D eigenvalue weighted by molar-refractivity contribution is 5.96. The highest BCUT2D eigenvalue weighted by Crippen LogP contribution is 2.65. The molecule has 0 amide bonds. The molecular weight excluding hydrogens is 338 g/mol. The Bertz CT molecular complexity index is 1050. The summed E-state index contributed by atoms with van der Waals surface area (Å²) in [5, 5.41) is 2.54. The minimum absolute atomic E-state index is 0.0549. The van der Waals surface area contributed by atoms with E-state index in [1.807, 2.05) is 6.20 Å². The van der Waals surface area contributed by atoms with E-state index < -0.39 is 0 Å². The summed E-state index contributed by atoms with van der Waals surface area (Å²) in [6.07, 6.45) is 1.95. The molecular formula is C27H33N. The second-order valence-electron chi connectivity index (χ2n) is 10.6. The summed E-state index contributed by atoms with van der Waals surface area (Å²) in [6, 6.07) is 17.6. The highest BCUT2D eigenvalue weighted by Gasteiger charge is 2.60. The molecule has 0 fully saturated rings. The fourth-order valence-corrected chi connectivity index (χ4v) is 5.32.